The smallest absolute Gasteiger partial charge is 0.159 e. The molecule has 0 unspecified atom stereocenters. The molecule has 7 aromatic carbocycles. The number of aromatic nitrogens is 2. The van der Waals surface area contributed by atoms with Crippen molar-refractivity contribution >= 4 is 29.4 Å². The van der Waals surface area contributed by atoms with Crippen molar-refractivity contribution in [1.82, 2.24) is 9.97 Å². The fraction of sp³-hybridized carbons (Fsp3) is 0.0435. The van der Waals surface area contributed by atoms with Gasteiger partial charge in [-0.25, -0.2) is 9.97 Å². The maximum absolute atomic E-state index is 5.47. The molecule has 232 valence electrons. The summed E-state index contributed by atoms with van der Waals surface area (Å²) in [4.78, 5) is 10.8. The predicted octanol–water partition coefficient (Wildman–Crippen LogP) is 10.8. The van der Waals surface area contributed by atoms with Gasteiger partial charge in [0, 0.05) is 22.0 Å². The van der Waals surface area contributed by atoms with Gasteiger partial charge in [-0.1, -0.05) is 171 Å². The van der Waals surface area contributed by atoms with E-state index in [1.165, 1.54) is 60.2 Å². The Morgan fingerprint density at radius 2 is 0.918 bits per heavy atom. The molecule has 1 aliphatic heterocycles. The number of rotatable bonds is 5. The molecule has 2 heterocycles. The predicted molar refractivity (Wildman–Crippen MR) is 209 cm³/mol. The minimum Gasteiger partial charge on any atom is -0.237 e. The van der Waals surface area contributed by atoms with E-state index in [1.807, 2.05) is 0 Å². The first-order valence-electron chi connectivity index (χ1n) is 16.9. The van der Waals surface area contributed by atoms with Gasteiger partial charge in [-0.05, 0) is 67.0 Å². The van der Waals surface area contributed by atoms with Crippen molar-refractivity contribution in [3.8, 4) is 67.2 Å². The molecule has 0 radical (unpaired) electrons. The van der Waals surface area contributed by atoms with Crippen molar-refractivity contribution in [1.29, 1.82) is 0 Å². The topological polar surface area (TPSA) is 25.8 Å². The second-order valence-electron chi connectivity index (χ2n) is 13.4. The van der Waals surface area contributed by atoms with Gasteiger partial charge in [0.2, 0.25) is 0 Å². The first kappa shape index (κ1) is 29.3. The maximum Gasteiger partial charge on any atom is 0.159 e. The van der Waals surface area contributed by atoms with Crippen LogP contribution in [-0.4, -0.2) is 18.0 Å². The highest BCUT2D eigenvalue weighted by Gasteiger charge is 2.42. The van der Waals surface area contributed by atoms with E-state index in [0.29, 0.717) is 0 Å². The zero-order valence-electron chi connectivity index (χ0n) is 27.6. The highest BCUT2D eigenvalue weighted by Crippen LogP contribution is 2.39. The van der Waals surface area contributed by atoms with Crippen LogP contribution in [0.3, 0.4) is 0 Å². The van der Waals surface area contributed by atoms with Crippen LogP contribution >= 0.6 is 0 Å². The van der Waals surface area contributed by atoms with Gasteiger partial charge in [-0.3, -0.25) is 0 Å². The average Bonchev–Trinajstić information content (AvgIpc) is 3.41. The SMILES string of the molecule is C[Si]1(C)c2nc(-c3cccc(-c4cccc(-c5ccc(-c6ccccc6)cc5)c4)c3)nc(-c3ccccc3)c2-c2ccc3ccccc3c21. The van der Waals surface area contributed by atoms with E-state index in [0.717, 1.165) is 28.2 Å². The third-order valence-electron chi connectivity index (χ3n) is 10.0. The number of fused-ring (bicyclic) bond motifs is 5. The number of benzene rings is 7. The van der Waals surface area contributed by atoms with E-state index in [4.69, 9.17) is 9.97 Å². The molecule has 0 atom stereocenters. The van der Waals surface area contributed by atoms with Crippen molar-refractivity contribution < 1.29 is 0 Å². The molecule has 0 fully saturated rings. The highest BCUT2D eigenvalue weighted by molar-refractivity contribution is 7.04. The Balaban J connectivity index is 1.14. The molecule has 2 nitrogen and oxygen atoms in total. The molecule has 8 aromatic rings. The van der Waals surface area contributed by atoms with Crippen molar-refractivity contribution in [2.24, 2.45) is 0 Å². The van der Waals surface area contributed by atoms with E-state index in [2.05, 4.69) is 183 Å². The fourth-order valence-electron chi connectivity index (χ4n) is 7.58. The number of hydrogen-bond donors (Lipinski definition) is 0. The zero-order chi connectivity index (χ0) is 33.0. The molecule has 1 aromatic heterocycles. The van der Waals surface area contributed by atoms with Crippen LogP contribution in [0.25, 0.3) is 77.9 Å². The Kier molecular flexibility index (Phi) is 6.96. The zero-order valence-corrected chi connectivity index (χ0v) is 28.6. The molecule has 9 rings (SSSR count). The van der Waals surface area contributed by atoms with Crippen molar-refractivity contribution in [2.45, 2.75) is 13.1 Å². The van der Waals surface area contributed by atoms with Gasteiger partial charge in [0.1, 0.15) is 8.07 Å². The Hall–Kier alpha value is -5.90. The van der Waals surface area contributed by atoms with Crippen LogP contribution < -0.4 is 10.5 Å². The highest BCUT2D eigenvalue weighted by atomic mass is 28.3. The largest absolute Gasteiger partial charge is 0.237 e. The Morgan fingerprint density at radius 1 is 0.408 bits per heavy atom. The van der Waals surface area contributed by atoms with Crippen LogP contribution in [0.15, 0.2) is 170 Å². The molecule has 0 saturated carbocycles. The second-order valence-corrected chi connectivity index (χ2v) is 17.6. The first-order chi connectivity index (χ1) is 24.0. The van der Waals surface area contributed by atoms with E-state index in [-0.39, 0.29) is 0 Å². The molecule has 1 aliphatic rings. The van der Waals surface area contributed by atoms with E-state index >= 15 is 0 Å². The molecule has 49 heavy (non-hydrogen) atoms. The summed E-state index contributed by atoms with van der Waals surface area (Å²) in [7, 11) is -2.17. The normalized spacial score (nSPS) is 12.9. The van der Waals surface area contributed by atoms with Gasteiger partial charge in [0.25, 0.3) is 0 Å². The van der Waals surface area contributed by atoms with Gasteiger partial charge >= 0.3 is 0 Å². The quantitative estimate of drug-likeness (QED) is 0.175. The van der Waals surface area contributed by atoms with Gasteiger partial charge in [-0.15, -0.1) is 0 Å². The third kappa shape index (κ3) is 5.02. The van der Waals surface area contributed by atoms with Crippen LogP contribution in [0.1, 0.15) is 0 Å². The molecule has 0 bridgehead atoms. The Bertz CT molecular complexity index is 2500. The lowest BCUT2D eigenvalue weighted by Crippen LogP contribution is -2.51. The van der Waals surface area contributed by atoms with Gasteiger partial charge in [0.15, 0.2) is 5.82 Å². The summed E-state index contributed by atoms with van der Waals surface area (Å²) >= 11 is 0. The van der Waals surface area contributed by atoms with Gasteiger partial charge in [-0.2, -0.15) is 0 Å². The molecule has 0 aliphatic carbocycles. The van der Waals surface area contributed by atoms with Gasteiger partial charge < -0.3 is 0 Å². The van der Waals surface area contributed by atoms with Crippen molar-refractivity contribution in [3.63, 3.8) is 0 Å². The summed E-state index contributed by atoms with van der Waals surface area (Å²) in [6.07, 6.45) is 0. The van der Waals surface area contributed by atoms with Crippen LogP contribution in [0.5, 0.6) is 0 Å². The molecular formula is C46H34N2Si. The van der Waals surface area contributed by atoms with E-state index in [1.54, 1.807) is 0 Å². The summed E-state index contributed by atoms with van der Waals surface area (Å²) < 4.78 is 0. The Labute approximate surface area is 288 Å². The lowest BCUT2D eigenvalue weighted by atomic mass is 9.96. The standard InChI is InChI=1S/C46H34N2Si/c1-49(2)44-40-22-10-9-15-34(40)27-28-41(44)42-43(35-16-7-4-8-17-35)47-45(48-46(42)49)39-21-12-20-38(30-39)37-19-11-18-36(29-37)33-25-23-32(24-26-33)31-13-5-3-6-14-31/h3-30H,1-2H3. The molecule has 0 amide bonds. The summed E-state index contributed by atoms with van der Waals surface area (Å²) in [6.45, 7) is 4.90. The molecule has 0 N–H and O–H groups in total. The second kappa shape index (κ2) is 11.7. The summed E-state index contributed by atoms with van der Waals surface area (Å²) in [5.41, 5.74) is 12.8. The average molecular weight is 643 g/mol. The minimum absolute atomic E-state index is 0.782. The first-order valence-corrected chi connectivity index (χ1v) is 19.9. The molecular weight excluding hydrogens is 609 g/mol. The van der Waals surface area contributed by atoms with Crippen molar-refractivity contribution in [3.05, 3.63) is 170 Å². The number of nitrogens with zero attached hydrogens (tertiary/aromatic N) is 2. The van der Waals surface area contributed by atoms with Crippen LogP contribution in [0, 0.1) is 0 Å². The van der Waals surface area contributed by atoms with Crippen LogP contribution in [0.2, 0.25) is 13.1 Å². The monoisotopic (exact) mass is 642 g/mol. The van der Waals surface area contributed by atoms with Crippen LogP contribution in [-0.2, 0) is 0 Å². The van der Waals surface area contributed by atoms with Crippen molar-refractivity contribution in [2.75, 3.05) is 0 Å². The molecule has 3 heteroatoms. The fourth-order valence-corrected chi connectivity index (χ4v) is 10.9. The lowest BCUT2D eigenvalue weighted by molar-refractivity contribution is 1.21. The van der Waals surface area contributed by atoms with E-state index in [9.17, 15) is 0 Å². The minimum atomic E-state index is -2.17. The maximum atomic E-state index is 5.47. The summed E-state index contributed by atoms with van der Waals surface area (Å²) in [6, 6.07) is 60.9. The molecule has 0 spiro atoms. The van der Waals surface area contributed by atoms with Gasteiger partial charge in [0.05, 0.1) is 5.69 Å². The summed E-state index contributed by atoms with van der Waals surface area (Å²) in [5.74, 6) is 0.782. The Morgan fingerprint density at radius 3 is 1.61 bits per heavy atom. The third-order valence-corrected chi connectivity index (χ3v) is 13.3. The van der Waals surface area contributed by atoms with Crippen LogP contribution in [0.4, 0.5) is 0 Å². The number of hydrogen-bond acceptors (Lipinski definition) is 2. The molecule has 0 saturated heterocycles. The van der Waals surface area contributed by atoms with E-state index < -0.39 is 8.07 Å². The lowest BCUT2D eigenvalue weighted by Gasteiger charge is -2.20. The summed E-state index contributed by atoms with van der Waals surface area (Å²) in [5, 5.41) is 5.30.